The van der Waals surface area contributed by atoms with Gasteiger partial charge in [0.05, 0.1) is 49.2 Å². The number of para-hydroxylation sites is 3. The van der Waals surface area contributed by atoms with E-state index in [1.165, 1.54) is 15.5 Å². The number of rotatable bonds is 4. The average molecular weight is 771 g/mol. The summed E-state index contributed by atoms with van der Waals surface area (Å²) in [4.78, 5) is 21.5. The van der Waals surface area contributed by atoms with Gasteiger partial charge in [0.2, 0.25) is 11.9 Å². The maximum atomic E-state index is 5.52. The Morgan fingerprint density at radius 1 is 0.373 bits per heavy atom. The Bertz CT molecular complexity index is 3860. The lowest BCUT2D eigenvalue weighted by molar-refractivity contribution is 1.01. The molecule has 0 saturated carbocycles. The van der Waals surface area contributed by atoms with Crippen molar-refractivity contribution in [3.05, 3.63) is 182 Å². The van der Waals surface area contributed by atoms with Gasteiger partial charge in [-0.3, -0.25) is 9.13 Å². The first-order chi connectivity index (χ1) is 29.3. The fourth-order valence-electron chi connectivity index (χ4n) is 9.14. The van der Waals surface area contributed by atoms with Crippen LogP contribution in [0.3, 0.4) is 0 Å². The minimum Gasteiger partial charge on any atom is -0.278 e. The monoisotopic (exact) mass is 770 g/mol. The summed E-state index contributed by atoms with van der Waals surface area (Å²) in [5.41, 5.74) is 9.99. The van der Waals surface area contributed by atoms with Crippen molar-refractivity contribution in [2.24, 2.45) is 0 Å². The quantitative estimate of drug-likeness (QED) is 0.179. The summed E-state index contributed by atoms with van der Waals surface area (Å²) in [6, 6.07) is 64.1. The van der Waals surface area contributed by atoms with E-state index in [-0.39, 0.29) is 0 Å². The number of benzene rings is 8. The summed E-state index contributed by atoms with van der Waals surface area (Å²) in [6.45, 7) is 0. The first-order valence-electron chi connectivity index (χ1n) is 19.7. The predicted molar refractivity (Wildman–Crippen MR) is 245 cm³/mol. The number of fused-ring (bicyclic) bond motifs is 12. The van der Waals surface area contributed by atoms with E-state index < -0.39 is 0 Å². The Morgan fingerprint density at radius 2 is 0.949 bits per heavy atom. The molecule has 8 aromatic carbocycles. The van der Waals surface area contributed by atoms with Crippen molar-refractivity contribution in [2.75, 3.05) is 0 Å². The standard InChI is InChI=1S/C52H30N6S/c1-2-15-32(16-3-1)47-35-18-6-10-22-39(35)53-51(54-47)57-40-23-11-7-19-36(40)45-42(57)28-29-43-46(45)37-20-8-12-24-41(37)58(43)52-55-48(34-27-26-31-14-4-5-17-33(31)30-34)50-49(56-52)38-21-9-13-25-44(38)59-50/h1-30H. The fourth-order valence-corrected chi connectivity index (χ4v) is 10.3. The molecule has 0 aliphatic heterocycles. The third kappa shape index (κ3) is 4.73. The molecule has 274 valence electrons. The molecule has 0 radical (unpaired) electrons. The van der Waals surface area contributed by atoms with Crippen LogP contribution in [0.25, 0.3) is 120 Å². The zero-order valence-electron chi connectivity index (χ0n) is 31.4. The number of hydrogen-bond donors (Lipinski definition) is 0. The van der Waals surface area contributed by atoms with E-state index in [1.807, 2.05) is 12.1 Å². The highest BCUT2D eigenvalue weighted by atomic mass is 32.1. The molecule has 0 spiro atoms. The molecule has 0 bridgehead atoms. The molecule has 5 heterocycles. The van der Waals surface area contributed by atoms with Gasteiger partial charge in [-0.25, -0.2) is 19.9 Å². The van der Waals surface area contributed by atoms with Crippen molar-refractivity contribution in [1.82, 2.24) is 29.1 Å². The maximum Gasteiger partial charge on any atom is 0.235 e. The smallest absolute Gasteiger partial charge is 0.235 e. The van der Waals surface area contributed by atoms with Crippen molar-refractivity contribution in [1.29, 1.82) is 0 Å². The van der Waals surface area contributed by atoms with E-state index in [0.717, 1.165) is 92.6 Å². The van der Waals surface area contributed by atoms with Crippen molar-refractivity contribution in [3.63, 3.8) is 0 Å². The van der Waals surface area contributed by atoms with Crippen LogP contribution in [0.4, 0.5) is 0 Å². The highest BCUT2D eigenvalue weighted by Crippen LogP contribution is 2.44. The summed E-state index contributed by atoms with van der Waals surface area (Å²) in [5, 5.41) is 9.08. The number of thiophene rings is 1. The van der Waals surface area contributed by atoms with Crippen molar-refractivity contribution in [2.45, 2.75) is 0 Å². The van der Waals surface area contributed by atoms with Gasteiger partial charge in [0.15, 0.2) is 0 Å². The van der Waals surface area contributed by atoms with Gasteiger partial charge in [0.1, 0.15) is 0 Å². The van der Waals surface area contributed by atoms with Crippen LogP contribution in [0, 0.1) is 0 Å². The van der Waals surface area contributed by atoms with E-state index in [4.69, 9.17) is 19.9 Å². The van der Waals surface area contributed by atoms with Crippen LogP contribution in [-0.2, 0) is 0 Å². The molecule has 5 aromatic heterocycles. The number of nitrogens with zero attached hydrogens (tertiary/aromatic N) is 6. The first kappa shape index (κ1) is 32.4. The third-order valence-corrected chi connectivity index (χ3v) is 12.9. The van der Waals surface area contributed by atoms with Crippen LogP contribution >= 0.6 is 11.3 Å². The fraction of sp³-hybridized carbons (Fsp3) is 0. The second kappa shape index (κ2) is 12.4. The molecule has 6 nitrogen and oxygen atoms in total. The van der Waals surface area contributed by atoms with Crippen LogP contribution in [-0.4, -0.2) is 29.1 Å². The second-order valence-corrected chi connectivity index (χ2v) is 16.1. The zero-order chi connectivity index (χ0) is 38.6. The van der Waals surface area contributed by atoms with Gasteiger partial charge in [-0.05, 0) is 53.2 Å². The van der Waals surface area contributed by atoms with Gasteiger partial charge in [-0.2, -0.15) is 0 Å². The maximum absolute atomic E-state index is 5.52. The molecule has 0 aliphatic rings. The van der Waals surface area contributed by atoms with E-state index in [0.29, 0.717) is 11.9 Å². The lowest BCUT2D eigenvalue weighted by Crippen LogP contribution is -2.04. The normalized spacial score (nSPS) is 12.1. The molecule has 0 amide bonds. The second-order valence-electron chi connectivity index (χ2n) is 15.0. The lowest BCUT2D eigenvalue weighted by Gasteiger charge is -2.12. The number of aromatic nitrogens is 6. The Labute approximate surface area is 340 Å². The van der Waals surface area contributed by atoms with Gasteiger partial charge in [-0.15, -0.1) is 11.3 Å². The molecule has 0 aliphatic carbocycles. The third-order valence-electron chi connectivity index (χ3n) is 11.7. The molecular weight excluding hydrogens is 741 g/mol. The van der Waals surface area contributed by atoms with Crippen LogP contribution in [0.2, 0.25) is 0 Å². The Morgan fingerprint density at radius 3 is 1.69 bits per heavy atom. The molecule has 13 aromatic rings. The topological polar surface area (TPSA) is 61.4 Å². The summed E-state index contributed by atoms with van der Waals surface area (Å²) in [7, 11) is 0. The summed E-state index contributed by atoms with van der Waals surface area (Å²) >= 11 is 1.76. The first-order valence-corrected chi connectivity index (χ1v) is 20.6. The average Bonchev–Trinajstić information content (AvgIpc) is 3.96. The molecule has 0 unspecified atom stereocenters. The molecule has 59 heavy (non-hydrogen) atoms. The minimum atomic E-state index is 0.634. The van der Waals surface area contributed by atoms with Crippen LogP contribution in [0.1, 0.15) is 0 Å². The van der Waals surface area contributed by atoms with Crippen molar-refractivity contribution < 1.29 is 0 Å². The summed E-state index contributed by atoms with van der Waals surface area (Å²) in [6.07, 6.45) is 0. The van der Waals surface area contributed by atoms with E-state index in [2.05, 4.69) is 179 Å². The van der Waals surface area contributed by atoms with Crippen molar-refractivity contribution in [3.8, 4) is 34.4 Å². The van der Waals surface area contributed by atoms with E-state index in [1.54, 1.807) is 11.3 Å². The van der Waals surface area contributed by atoms with Crippen LogP contribution in [0.15, 0.2) is 182 Å². The Kier molecular flexibility index (Phi) is 6.79. The highest BCUT2D eigenvalue weighted by Gasteiger charge is 2.24. The number of hydrogen-bond acceptors (Lipinski definition) is 5. The molecule has 0 saturated heterocycles. The van der Waals surface area contributed by atoms with E-state index in [9.17, 15) is 0 Å². The Balaban J connectivity index is 1.12. The molecule has 0 atom stereocenters. The van der Waals surface area contributed by atoms with Crippen LogP contribution < -0.4 is 0 Å². The van der Waals surface area contributed by atoms with Gasteiger partial charge < -0.3 is 0 Å². The minimum absolute atomic E-state index is 0.634. The zero-order valence-corrected chi connectivity index (χ0v) is 32.2. The van der Waals surface area contributed by atoms with Crippen LogP contribution in [0.5, 0.6) is 0 Å². The van der Waals surface area contributed by atoms with Gasteiger partial charge in [0, 0.05) is 48.1 Å². The molecule has 0 N–H and O–H groups in total. The summed E-state index contributed by atoms with van der Waals surface area (Å²) < 4.78 is 6.76. The molecule has 13 rings (SSSR count). The molecular formula is C52H30N6S. The van der Waals surface area contributed by atoms with Crippen molar-refractivity contribution >= 4 is 96.9 Å². The van der Waals surface area contributed by atoms with E-state index >= 15 is 0 Å². The largest absolute Gasteiger partial charge is 0.278 e. The van der Waals surface area contributed by atoms with Gasteiger partial charge >= 0.3 is 0 Å². The predicted octanol–water partition coefficient (Wildman–Crippen LogP) is 13.5. The SMILES string of the molecule is c1ccc(-c2nc(-n3c4ccccc4c4c5c6ccccc6n(-c6nc(-c7ccc8ccccc8c7)c7sc8ccccc8c7n6)c5ccc43)nc3ccccc23)cc1. The summed E-state index contributed by atoms with van der Waals surface area (Å²) in [5.74, 6) is 1.28. The molecule has 7 heteroatoms. The molecule has 0 fully saturated rings. The van der Waals surface area contributed by atoms with Gasteiger partial charge in [0.25, 0.3) is 0 Å². The highest BCUT2D eigenvalue weighted by molar-refractivity contribution is 7.26. The Hall–Kier alpha value is -7.74. The van der Waals surface area contributed by atoms with Gasteiger partial charge in [-0.1, -0.05) is 140 Å². The lowest BCUT2D eigenvalue weighted by atomic mass is 10.0.